The van der Waals surface area contributed by atoms with Crippen LogP contribution in [-0.4, -0.2) is 46.7 Å². The molecular weight excluding hydrogens is 398 g/mol. The summed E-state index contributed by atoms with van der Waals surface area (Å²) >= 11 is 1.52. The highest BCUT2D eigenvalue weighted by molar-refractivity contribution is 7.18. The van der Waals surface area contributed by atoms with E-state index < -0.39 is 0 Å². The molecule has 1 fully saturated rings. The van der Waals surface area contributed by atoms with E-state index in [4.69, 9.17) is 4.74 Å². The fourth-order valence-corrected chi connectivity index (χ4v) is 5.19. The van der Waals surface area contributed by atoms with Gasteiger partial charge in [0.2, 0.25) is 0 Å². The van der Waals surface area contributed by atoms with Crippen molar-refractivity contribution in [1.82, 2.24) is 14.5 Å². The molecule has 0 aliphatic carbocycles. The van der Waals surface area contributed by atoms with E-state index in [-0.39, 0.29) is 17.5 Å². The number of carbonyl (C=O) groups is 1. The van der Waals surface area contributed by atoms with E-state index in [0.29, 0.717) is 29.8 Å². The van der Waals surface area contributed by atoms with Crippen LogP contribution in [0.15, 0.2) is 58.8 Å². The molecule has 4 heterocycles. The molecule has 3 aromatic heterocycles. The lowest BCUT2D eigenvalue weighted by Gasteiger charge is -2.25. The minimum absolute atomic E-state index is 0.0464. The van der Waals surface area contributed by atoms with Crippen molar-refractivity contribution in [3.05, 3.63) is 70.0 Å². The Labute approximate surface area is 177 Å². The minimum Gasteiger partial charge on any atom is -0.383 e. The summed E-state index contributed by atoms with van der Waals surface area (Å²) in [4.78, 5) is 28.9. The third kappa shape index (κ3) is 3.02. The number of carbonyl (C=O) groups excluding carboxylic acids is 1. The Bertz CT molecular complexity index is 1300. The molecular formula is C23H21N3O3S. The first-order chi connectivity index (χ1) is 14.7. The van der Waals surface area contributed by atoms with E-state index >= 15 is 0 Å². The number of likely N-dealkylation sites (tertiary alicyclic amines) is 1. The standard InChI is InChI=1S/C23H21N3O3S/c1-29-14-17-8-5-10-25(17)22(27)19-12-18(15-6-3-2-4-7-15)23(28)26-20(19)21-16(13-24-26)9-11-30-21/h2-4,6-7,9,11-13,17H,5,8,10,14H2,1H3/t17-/m0/s1. The first-order valence-corrected chi connectivity index (χ1v) is 10.8. The molecule has 0 radical (unpaired) electrons. The molecule has 1 aromatic carbocycles. The molecule has 1 saturated heterocycles. The molecule has 6 nitrogen and oxygen atoms in total. The maximum atomic E-state index is 13.7. The fraction of sp³-hybridized carbons (Fsp3) is 0.261. The number of aromatic nitrogens is 2. The van der Waals surface area contributed by atoms with Crippen molar-refractivity contribution < 1.29 is 9.53 Å². The Balaban J connectivity index is 1.78. The van der Waals surface area contributed by atoms with Gasteiger partial charge in [0, 0.05) is 24.6 Å². The predicted molar refractivity (Wildman–Crippen MR) is 118 cm³/mol. The van der Waals surface area contributed by atoms with Crippen LogP contribution >= 0.6 is 11.3 Å². The summed E-state index contributed by atoms with van der Waals surface area (Å²) < 4.78 is 7.62. The molecule has 5 rings (SSSR count). The van der Waals surface area contributed by atoms with Crippen LogP contribution in [0.1, 0.15) is 23.2 Å². The summed E-state index contributed by atoms with van der Waals surface area (Å²) in [6, 6.07) is 13.2. The van der Waals surface area contributed by atoms with Crippen LogP contribution in [0.2, 0.25) is 0 Å². The number of nitrogens with zero attached hydrogens (tertiary/aromatic N) is 3. The Morgan fingerprint density at radius 2 is 2.10 bits per heavy atom. The van der Waals surface area contributed by atoms with Crippen molar-refractivity contribution >= 4 is 32.8 Å². The minimum atomic E-state index is -0.224. The molecule has 0 saturated carbocycles. The zero-order valence-corrected chi connectivity index (χ0v) is 17.4. The van der Waals surface area contributed by atoms with Crippen LogP contribution in [0.25, 0.3) is 26.7 Å². The second-order valence-electron chi connectivity index (χ2n) is 7.50. The zero-order valence-electron chi connectivity index (χ0n) is 16.6. The smallest absolute Gasteiger partial charge is 0.279 e. The van der Waals surface area contributed by atoms with Gasteiger partial charge in [-0.25, -0.2) is 0 Å². The monoisotopic (exact) mass is 419 g/mol. The van der Waals surface area contributed by atoms with Crippen LogP contribution in [-0.2, 0) is 4.74 Å². The molecule has 7 heteroatoms. The summed E-state index contributed by atoms with van der Waals surface area (Å²) in [5.41, 5.74) is 2.12. The molecule has 30 heavy (non-hydrogen) atoms. The van der Waals surface area contributed by atoms with Crippen molar-refractivity contribution in [3.8, 4) is 11.1 Å². The largest absolute Gasteiger partial charge is 0.383 e. The lowest BCUT2D eigenvalue weighted by Crippen LogP contribution is -2.38. The van der Waals surface area contributed by atoms with Gasteiger partial charge in [0.05, 0.1) is 34.6 Å². The summed E-state index contributed by atoms with van der Waals surface area (Å²) in [6.45, 7) is 1.20. The van der Waals surface area contributed by atoms with Crippen molar-refractivity contribution in [3.63, 3.8) is 0 Å². The van der Waals surface area contributed by atoms with E-state index in [9.17, 15) is 9.59 Å². The van der Waals surface area contributed by atoms with Crippen molar-refractivity contribution in [2.75, 3.05) is 20.3 Å². The van der Waals surface area contributed by atoms with E-state index in [2.05, 4.69) is 5.10 Å². The summed E-state index contributed by atoms with van der Waals surface area (Å²) in [5, 5.41) is 7.29. The van der Waals surface area contributed by atoms with E-state index in [1.165, 1.54) is 15.9 Å². The van der Waals surface area contributed by atoms with Crippen LogP contribution < -0.4 is 5.56 Å². The van der Waals surface area contributed by atoms with Crippen molar-refractivity contribution in [2.45, 2.75) is 18.9 Å². The normalized spacial score (nSPS) is 16.6. The van der Waals surface area contributed by atoms with Gasteiger partial charge in [-0.2, -0.15) is 9.61 Å². The molecule has 0 N–H and O–H groups in total. The number of amides is 1. The Morgan fingerprint density at radius 3 is 2.90 bits per heavy atom. The molecule has 1 atom stereocenters. The number of thiophene rings is 1. The van der Waals surface area contributed by atoms with Gasteiger partial charge < -0.3 is 9.64 Å². The number of ether oxygens (including phenoxy) is 1. The molecule has 1 aliphatic heterocycles. The van der Waals surface area contributed by atoms with Gasteiger partial charge in [-0.15, -0.1) is 11.3 Å². The van der Waals surface area contributed by atoms with Gasteiger partial charge in [-0.1, -0.05) is 30.3 Å². The number of rotatable bonds is 4. The van der Waals surface area contributed by atoms with Gasteiger partial charge >= 0.3 is 0 Å². The molecule has 4 aromatic rings. The van der Waals surface area contributed by atoms with Crippen LogP contribution in [0.4, 0.5) is 0 Å². The Hall–Kier alpha value is -3.03. The summed E-state index contributed by atoms with van der Waals surface area (Å²) in [7, 11) is 1.66. The van der Waals surface area contributed by atoms with Gasteiger partial charge in [0.15, 0.2) is 0 Å². The molecule has 1 aliphatic rings. The first kappa shape index (κ1) is 19.0. The van der Waals surface area contributed by atoms with E-state index in [1.807, 2.05) is 46.7 Å². The lowest BCUT2D eigenvalue weighted by atomic mass is 10.0. The average Bonchev–Trinajstić information content (AvgIpc) is 3.44. The Morgan fingerprint density at radius 1 is 1.27 bits per heavy atom. The molecule has 0 spiro atoms. The topological polar surface area (TPSA) is 63.9 Å². The molecule has 152 valence electrons. The zero-order chi connectivity index (χ0) is 20.7. The number of hydrogen-bond donors (Lipinski definition) is 0. The Kier molecular flexibility index (Phi) is 4.84. The quantitative estimate of drug-likeness (QED) is 0.504. The molecule has 1 amide bonds. The third-order valence-corrected chi connectivity index (χ3v) is 6.65. The summed E-state index contributed by atoms with van der Waals surface area (Å²) in [6.07, 6.45) is 3.55. The predicted octanol–water partition coefficient (Wildman–Crippen LogP) is 3.83. The number of hydrogen-bond acceptors (Lipinski definition) is 5. The van der Waals surface area contributed by atoms with Crippen molar-refractivity contribution in [2.24, 2.45) is 0 Å². The number of fused-ring (bicyclic) bond motifs is 3. The second-order valence-corrected chi connectivity index (χ2v) is 8.42. The maximum Gasteiger partial charge on any atom is 0.279 e. The molecule has 0 bridgehead atoms. The highest BCUT2D eigenvalue weighted by Crippen LogP contribution is 2.30. The fourth-order valence-electron chi connectivity index (χ4n) is 4.28. The lowest BCUT2D eigenvalue weighted by molar-refractivity contribution is 0.0632. The van der Waals surface area contributed by atoms with Crippen LogP contribution in [0.3, 0.4) is 0 Å². The first-order valence-electron chi connectivity index (χ1n) is 9.96. The van der Waals surface area contributed by atoms with Gasteiger partial charge in [0.1, 0.15) is 0 Å². The van der Waals surface area contributed by atoms with Gasteiger partial charge in [-0.05, 0) is 35.9 Å². The van der Waals surface area contributed by atoms with E-state index in [1.54, 1.807) is 19.4 Å². The average molecular weight is 420 g/mol. The van der Waals surface area contributed by atoms with Crippen molar-refractivity contribution in [1.29, 1.82) is 0 Å². The van der Waals surface area contributed by atoms with Gasteiger partial charge in [0.25, 0.3) is 11.5 Å². The number of methoxy groups -OCH3 is 1. The number of benzene rings is 1. The second kappa shape index (κ2) is 7.66. The van der Waals surface area contributed by atoms with E-state index in [0.717, 1.165) is 28.5 Å². The third-order valence-electron chi connectivity index (χ3n) is 5.71. The van der Waals surface area contributed by atoms with Crippen LogP contribution in [0, 0.1) is 0 Å². The maximum absolute atomic E-state index is 13.7. The van der Waals surface area contributed by atoms with Crippen LogP contribution in [0.5, 0.6) is 0 Å². The summed E-state index contributed by atoms with van der Waals surface area (Å²) in [5.74, 6) is -0.0769. The highest BCUT2D eigenvalue weighted by Gasteiger charge is 2.31. The number of pyridine rings is 1. The molecule has 0 unspecified atom stereocenters. The van der Waals surface area contributed by atoms with Gasteiger partial charge in [-0.3, -0.25) is 9.59 Å². The highest BCUT2D eigenvalue weighted by atomic mass is 32.1. The SMILES string of the molecule is COC[C@@H]1CCCN1C(=O)c1cc(-c2ccccc2)c(=O)n2ncc3ccsc3c12.